The number of benzene rings is 3. The summed E-state index contributed by atoms with van der Waals surface area (Å²) in [5, 5.41) is 6.60. The molecule has 0 radical (unpaired) electrons. The van der Waals surface area contributed by atoms with E-state index in [0.29, 0.717) is 33.4 Å². The minimum Gasteiger partial charge on any atom is -0.326 e. The summed E-state index contributed by atoms with van der Waals surface area (Å²) in [5.74, 6) is -0.396. The molecule has 0 saturated carbocycles. The molecule has 0 aliphatic heterocycles. The molecule has 0 unspecified atom stereocenters. The summed E-state index contributed by atoms with van der Waals surface area (Å²) < 4.78 is 0. The molecule has 0 heterocycles. The SMILES string of the molecule is O=C(/C=C/c1ccc(Cl)cc1Cl)Nc1ccc(NC(=O)Cc2ccccc2)cc1. The van der Waals surface area contributed by atoms with Gasteiger partial charge in [-0.3, -0.25) is 9.59 Å². The zero-order valence-electron chi connectivity index (χ0n) is 15.4. The van der Waals surface area contributed by atoms with E-state index in [4.69, 9.17) is 23.2 Å². The fraction of sp³-hybridized carbons (Fsp3) is 0.0435. The smallest absolute Gasteiger partial charge is 0.248 e. The van der Waals surface area contributed by atoms with E-state index in [1.807, 2.05) is 30.3 Å². The molecule has 0 atom stereocenters. The highest BCUT2D eigenvalue weighted by Crippen LogP contribution is 2.22. The maximum Gasteiger partial charge on any atom is 0.248 e. The maximum absolute atomic E-state index is 12.1. The van der Waals surface area contributed by atoms with Crippen molar-refractivity contribution in [2.75, 3.05) is 10.6 Å². The van der Waals surface area contributed by atoms with Gasteiger partial charge in [0.2, 0.25) is 11.8 Å². The number of carbonyl (C=O) groups excluding carboxylic acids is 2. The third-order valence-corrected chi connectivity index (χ3v) is 4.58. The standard InChI is InChI=1S/C23H18Cl2N2O2/c24-18-8-6-17(21(25)15-18)7-13-22(28)26-19-9-11-20(12-10-19)27-23(29)14-16-4-2-1-3-5-16/h1-13,15H,14H2,(H,26,28)(H,27,29)/b13-7+. The lowest BCUT2D eigenvalue weighted by atomic mass is 10.1. The third-order valence-electron chi connectivity index (χ3n) is 4.02. The van der Waals surface area contributed by atoms with E-state index >= 15 is 0 Å². The molecule has 3 rings (SSSR count). The first-order chi connectivity index (χ1) is 14.0. The van der Waals surface area contributed by atoms with Crippen LogP contribution in [0, 0.1) is 0 Å². The molecular weight excluding hydrogens is 407 g/mol. The minimum absolute atomic E-state index is 0.101. The maximum atomic E-state index is 12.1. The van der Waals surface area contributed by atoms with E-state index in [9.17, 15) is 9.59 Å². The Morgan fingerprint density at radius 2 is 1.48 bits per heavy atom. The van der Waals surface area contributed by atoms with Crippen LogP contribution in [-0.4, -0.2) is 11.8 Å². The van der Waals surface area contributed by atoms with Gasteiger partial charge >= 0.3 is 0 Å². The van der Waals surface area contributed by atoms with Crippen molar-refractivity contribution in [3.05, 3.63) is 100 Å². The van der Waals surface area contributed by atoms with Crippen LogP contribution in [0.3, 0.4) is 0 Å². The minimum atomic E-state index is -0.295. The summed E-state index contributed by atoms with van der Waals surface area (Å²) in [6, 6.07) is 21.5. The summed E-state index contributed by atoms with van der Waals surface area (Å²) in [5.41, 5.74) is 2.92. The number of amides is 2. The second-order valence-electron chi connectivity index (χ2n) is 6.28. The molecule has 0 saturated heterocycles. The lowest BCUT2D eigenvalue weighted by molar-refractivity contribution is -0.115. The largest absolute Gasteiger partial charge is 0.326 e. The summed E-state index contributed by atoms with van der Waals surface area (Å²) >= 11 is 11.9. The van der Waals surface area contributed by atoms with E-state index < -0.39 is 0 Å². The Morgan fingerprint density at radius 3 is 2.14 bits per heavy atom. The molecule has 0 bridgehead atoms. The molecule has 3 aromatic rings. The zero-order chi connectivity index (χ0) is 20.6. The van der Waals surface area contributed by atoms with Gasteiger partial charge in [0, 0.05) is 27.5 Å². The van der Waals surface area contributed by atoms with Crippen molar-refractivity contribution >= 4 is 52.5 Å². The molecule has 0 aliphatic rings. The van der Waals surface area contributed by atoms with Gasteiger partial charge in [0.05, 0.1) is 6.42 Å². The highest BCUT2D eigenvalue weighted by molar-refractivity contribution is 6.35. The fourth-order valence-corrected chi connectivity index (χ4v) is 3.08. The van der Waals surface area contributed by atoms with Crippen LogP contribution >= 0.6 is 23.2 Å². The first-order valence-electron chi connectivity index (χ1n) is 8.87. The van der Waals surface area contributed by atoms with Gasteiger partial charge in [-0.05, 0) is 53.6 Å². The second-order valence-corrected chi connectivity index (χ2v) is 7.12. The number of halogens is 2. The molecule has 29 heavy (non-hydrogen) atoms. The summed E-state index contributed by atoms with van der Waals surface area (Å²) in [7, 11) is 0. The van der Waals surface area contributed by atoms with Crippen LogP contribution in [0.4, 0.5) is 11.4 Å². The van der Waals surface area contributed by atoms with Gasteiger partial charge in [-0.25, -0.2) is 0 Å². The van der Waals surface area contributed by atoms with Crippen LogP contribution in [0.25, 0.3) is 6.08 Å². The van der Waals surface area contributed by atoms with E-state index in [2.05, 4.69) is 10.6 Å². The van der Waals surface area contributed by atoms with E-state index in [0.717, 1.165) is 5.56 Å². The Hall–Kier alpha value is -3.08. The van der Waals surface area contributed by atoms with Crippen molar-refractivity contribution in [3.8, 4) is 0 Å². The number of carbonyl (C=O) groups is 2. The predicted octanol–water partition coefficient (Wildman–Crippen LogP) is 5.83. The predicted molar refractivity (Wildman–Crippen MR) is 119 cm³/mol. The third kappa shape index (κ3) is 6.49. The van der Waals surface area contributed by atoms with Crippen LogP contribution in [-0.2, 0) is 16.0 Å². The molecule has 3 aromatic carbocycles. The van der Waals surface area contributed by atoms with Crippen molar-refractivity contribution < 1.29 is 9.59 Å². The molecule has 0 spiro atoms. The van der Waals surface area contributed by atoms with Gasteiger partial charge in [0.25, 0.3) is 0 Å². The number of rotatable bonds is 6. The van der Waals surface area contributed by atoms with Gasteiger partial charge in [0.1, 0.15) is 0 Å². The quantitative estimate of drug-likeness (QED) is 0.489. The molecular formula is C23H18Cl2N2O2. The molecule has 2 amide bonds. The molecule has 0 aromatic heterocycles. The second kappa shape index (κ2) is 9.92. The van der Waals surface area contributed by atoms with Gasteiger partial charge < -0.3 is 10.6 Å². The summed E-state index contributed by atoms with van der Waals surface area (Å²) in [6.07, 6.45) is 3.31. The Balaban J connectivity index is 1.53. The van der Waals surface area contributed by atoms with Gasteiger partial charge in [0.15, 0.2) is 0 Å². The first kappa shape index (κ1) is 20.6. The van der Waals surface area contributed by atoms with Gasteiger partial charge in [-0.1, -0.05) is 59.6 Å². The van der Waals surface area contributed by atoms with E-state index in [-0.39, 0.29) is 11.8 Å². The van der Waals surface area contributed by atoms with Crippen molar-refractivity contribution in [1.82, 2.24) is 0 Å². The Bertz CT molecular complexity index is 1030. The Labute approximate surface area is 179 Å². The molecule has 2 N–H and O–H groups in total. The molecule has 4 nitrogen and oxygen atoms in total. The van der Waals surface area contributed by atoms with Gasteiger partial charge in [-0.2, -0.15) is 0 Å². The monoisotopic (exact) mass is 424 g/mol. The normalized spacial score (nSPS) is 10.7. The van der Waals surface area contributed by atoms with E-state index in [1.165, 1.54) is 6.08 Å². The highest BCUT2D eigenvalue weighted by Gasteiger charge is 2.05. The number of nitrogens with one attached hydrogen (secondary N) is 2. The van der Waals surface area contributed by atoms with Crippen LogP contribution in [0.5, 0.6) is 0 Å². The fourth-order valence-electron chi connectivity index (χ4n) is 2.61. The van der Waals surface area contributed by atoms with Crippen molar-refractivity contribution in [2.24, 2.45) is 0 Å². The summed E-state index contributed by atoms with van der Waals surface area (Å²) in [4.78, 5) is 24.2. The lowest BCUT2D eigenvalue weighted by Crippen LogP contribution is -2.14. The summed E-state index contributed by atoms with van der Waals surface area (Å²) in [6.45, 7) is 0. The lowest BCUT2D eigenvalue weighted by Gasteiger charge is -2.07. The number of hydrogen-bond acceptors (Lipinski definition) is 2. The van der Waals surface area contributed by atoms with Crippen molar-refractivity contribution in [1.29, 1.82) is 0 Å². The number of anilines is 2. The van der Waals surface area contributed by atoms with Crippen LogP contribution in [0.15, 0.2) is 78.9 Å². The molecule has 6 heteroatoms. The molecule has 0 fully saturated rings. The highest BCUT2D eigenvalue weighted by atomic mass is 35.5. The zero-order valence-corrected chi connectivity index (χ0v) is 16.9. The van der Waals surface area contributed by atoms with Gasteiger partial charge in [-0.15, -0.1) is 0 Å². The topological polar surface area (TPSA) is 58.2 Å². The van der Waals surface area contributed by atoms with Crippen LogP contribution < -0.4 is 10.6 Å². The molecule has 0 aliphatic carbocycles. The van der Waals surface area contributed by atoms with Crippen molar-refractivity contribution in [3.63, 3.8) is 0 Å². The van der Waals surface area contributed by atoms with Crippen molar-refractivity contribution in [2.45, 2.75) is 6.42 Å². The average molecular weight is 425 g/mol. The first-order valence-corrected chi connectivity index (χ1v) is 9.63. The average Bonchev–Trinajstić information content (AvgIpc) is 2.69. The van der Waals surface area contributed by atoms with E-state index in [1.54, 1.807) is 48.5 Å². The number of hydrogen-bond donors (Lipinski definition) is 2. The Kier molecular flexibility index (Phi) is 7.06. The molecule has 146 valence electrons. The van der Waals surface area contributed by atoms with Crippen LogP contribution in [0.2, 0.25) is 10.0 Å². The Morgan fingerprint density at radius 1 is 0.828 bits per heavy atom. The van der Waals surface area contributed by atoms with Crippen LogP contribution in [0.1, 0.15) is 11.1 Å².